The average Bonchev–Trinajstić information content (AvgIpc) is 2.59. The fourth-order valence-electron chi connectivity index (χ4n) is 2.42. The Hall–Kier alpha value is -2.14. The fourth-order valence-corrected chi connectivity index (χ4v) is 2.42. The molecule has 1 N–H and O–H groups in total. The van der Waals surface area contributed by atoms with E-state index in [1.54, 1.807) is 0 Å². The number of halogens is 1. The average molecular weight is 451 g/mol. The SMILES string of the molecule is CN(C)C1=CCC(C#N)(C=Cc2cc[n+](CCC(=O)O)cc2)C=C1.[I-]. The zero-order chi connectivity index (χ0) is 17.6. The van der Waals surface area contributed by atoms with Gasteiger partial charge in [0.25, 0.3) is 0 Å². The van der Waals surface area contributed by atoms with E-state index in [1.807, 2.05) is 72.4 Å². The minimum Gasteiger partial charge on any atom is -1.00 e. The third-order valence-corrected chi connectivity index (χ3v) is 4.00. The molecule has 0 saturated carbocycles. The highest BCUT2D eigenvalue weighted by atomic mass is 127. The Bertz CT molecular complexity index is 730. The first-order valence-electron chi connectivity index (χ1n) is 7.82. The summed E-state index contributed by atoms with van der Waals surface area (Å²) in [5.74, 6) is -0.809. The molecule has 1 heterocycles. The lowest BCUT2D eigenvalue weighted by atomic mass is 9.81. The van der Waals surface area contributed by atoms with Gasteiger partial charge in [0, 0.05) is 31.9 Å². The summed E-state index contributed by atoms with van der Waals surface area (Å²) in [5.41, 5.74) is 1.47. The van der Waals surface area contributed by atoms with Crippen LogP contribution in [0.3, 0.4) is 0 Å². The number of likely N-dealkylation sites (N-methyl/N-ethyl adjacent to an activating group) is 1. The molecule has 0 amide bonds. The summed E-state index contributed by atoms with van der Waals surface area (Å²) < 4.78 is 1.83. The Morgan fingerprint density at radius 2 is 2.12 bits per heavy atom. The smallest absolute Gasteiger partial charge is 0.309 e. The summed E-state index contributed by atoms with van der Waals surface area (Å²) >= 11 is 0. The van der Waals surface area contributed by atoms with Crippen LogP contribution in [0.2, 0.25) is 0 Å². The summed E-state index contributed by atoms with van der Waals surface area (Å²) in [6.45, 7) is 0.447. The highest BCUT2D eigenvalue weighted by Crippen LogP contribution is 2.31. The predicted molar refractivity (Wildman–Crippen MR) is 91.5 cm³/mol. The maximum Gasteiger partial charge on any atom is 0.309 e. The van der Waals surface area contributed by atoms with Crippen LogP contribution in [-0.2, 0) is 11.3 Å². The van der Waals surface area contributed by atoms with E-state index in [0.29, 0.717) is 13.0 Å². The van der Waals surface area contributed by atoms with Crippen molar-refractivity contribution < 1.29 is 38.4 Å². The lowest BCUT2D eigenvalue weighted by Gasteiger charge is -2.24. The summed E-state index contributed by atoms with van der Waals surface area (Å²) in [6.07, 6.45) is 14.3. The van der Waals surface area contributed by atoms with Crippen LogP contribution in [0.4, 0.5) is 0 Å². The van der Waals surface area contributed by atoms with Gasteiger partial charge in [0.05, 0.1) is 11.5 Å². The zero-order valence-corrected chi connectivity index (χ0v) is 16.6. The number of carbonyl (C=O) groups is 1. The lowest BCUT2D eigenvalue weighted by Crippen LogP contribution is -3.00. The lowest BCUT2D eigenvalue weighted by molar-refractivity contribution is -0.696. The third kappa shape index (κ3) is 6.02. The number of hydrogen-bond donors (Lipinski definition) is 1. The van der Waals surface area contributed by atoms with E-state index < -0.39 is 11.4 Å². The number of aryl methyl sites for hydroxylation is 1. The standard InChI is InChI=1S/C19H21N3O2.HI/c1-21(2)17-4-10-19(15-20,11-5-17)9-3-16-6-12-22(13-7-16)14-8-18(23)24;/h3-7,9-10,12-13H,8,11,14H2,1-2H3;1H. The van der Waals surface area contributed by atoms with E-state index in [-0.39, 0.29) is 30.4 Å². The number of aliphatic carboxylic acids is 1. The summed E-state index contributed by atoms with van der Waals surface area (Å²) in [7, 11) is 3.96. The summed E-state index contributed by atoms with van der Waals surface area (Å²) in [5, 5.41) is 18.3. The molecule has 1 atom stereocenters. The second kappa shape index (κ2) is 9.37. The molecule has 25 heavy (non-hydrogen) atoms. The predicted octanol–water partition coefficient (Wildman–Crippen LogP) is -0.619. The molecule has 1 unspecified atom stereocenters. The van der Waals surface area contributed by atoms with Crippen molar-refractivity contribution in [2.24, 2.45) is 5.41 Å². The summed E-state index contributed by atoms with van der Waals surface area (Å²) in [4.78, 5) is 12.6. The van der Waals surface area contributed by atoms with Crippen molar-refractivity contribution in [1.29, 1.82) is 5.26 Å². The van der Waals surface area contributed by atoms with Crippen LogP contribution in [0.5, 0.6) is 0 Å². The quantitative estimate of drug-likeness (QED) is 0.463. The van der Waals surface area contributed by atoms with Crippen LogP contribution in [0.1, 0.15) is 18.4 Å². The second-order valence-corrected chi connectivity index (χ2v) is 6.06. The molecule has 1 aliphatic carbocycles. The van der Waals surface area contributed by atoms with Gasteiger partial charge >= 0.3 is 5.97 Å². The van der Waals surface area contributed by atoms with Gasteiger partial charge in [-0.1, -0.05) is 24.3 Å². The maximum absolute atomic E-state index is 10.6. The topological polar surface area (TPSA) is 68.2 Å². The molecule has 1 aromatic rings. The first-order valence-corrected chi connectivity index (χ1v) is 7.82. The van der Waals surface area contributed by atoms with Crippen LogP contribution >= 0.6 is 0 Å². The van der Waals surface area contributed by atoms with Crippen molar-refractivity contribution in [3.05, 3.63) is 60.1 Å². The number of aromatic nitrogens is 1. The van der Waals surface area contributed by atoms with Crippen LogP contribution < -0.4 is 28.5 Å². The van der Waals surface area contributed by atoms with Gasteiger partial charge in [0.2, 0.25) is 0 Å². The minimum absolute atomic E-state index is 0. The fraction of sp³-hybridized carbons (Fsp3) is 0.316. The Balaban J connectivity index is 0.00000312. The molecule has 2 rings (SSSR count). The second-order valence-electron chi connectivity index (χ2n) is 6.06. The van der Waals surface area contributed by atoms with Crippen LogP contribution in [0.25, 0.3) is 6.08 Å². The molecule has 0 bridgehead atoms. The number of hydrogen-bond acceptors (Lipinski definition) is 3. The molecule has 0 spiro atoms. The van der Waals surface area contributed by atoms with Crippen LogP contribution in [-0.4, -0.2) is 30.1 Å². The highest BCUT2D eigenvalue weighted by Gasteiger charge is 2.25. The van der Waals surface area contributed by atoms with Crippen molar-refractivity contribution in [3.8, 4) is 6.07 Å². The number of carboxylic acid groups (broad SMARTS) is 1. The number of rotatable bonds is 6. The molecule has 6 heteroatoms. The molecule has 132 valence electrons. The Labute approximate surface area is 165 Å². The number of nitriles is 1. The minimum atomic E-state index is -0.809. The van der Waals surface area contributed by atoms with Crippen molar-refractivity contribution in [3.63, 3.8) is 0 Å². The van der Waals surface area contributed by atoms with Gasteiger partial charge < -0.3 is 34.0 Å². The van der Waals surface area contributed by atoms with E-state index in [1.165, 1.54) is 0 Å². The van der Waals surface area contributed by atoms with Gasteiger partial charge in [-0.2, -0.15) is 5.26 Å². The van der Waals surface area contributed by atoms with E-state index in [2.05, 4.69) is 12.1 Å². The van der Waals surface area contributed by atoms with Crippen LogP contribution in [0.15, 0.2) is 54.5 Å². The highest BCUT2D eigenvalue weighted by molar-refractivity contribution is 5.66. The number of allylic oxidation sites excluding steroid dienone is 4. The Kier molecular flexibility index (Phi) is 7.84. The van der Waals surface area contributed by atoms with Crippen molar-refractivity contribution in [1.82, 2.24) is 4.90 Å². The van der Waals surface area contributed by atoms with E-state index in [9.17, 15) is 10.1 Å². The number of carboxylic acids is 1. The Morgan fingerprint density at radius 1 is 1.44 bits per heavy atom. The van der Waals surface area contributed by atoms with Gasteiger partial charge in [0.1, 0.15) is 6.42 Å². The molecule has 0 radical (unpaired) electrons. The van der Waals surface area contributed by atoms with Crippen LogP contribution in [0, 0.1) is 16.7 Å². The van der Waals surface area contributed by atoms with Gasteiger partial charge in [-0.25, -0.2) is 4.57 Å². The van der Waals surface area contributed by atoms with Crippen molar-refractivity contribution >= 4 is 12.0 Å². The monoisotopic (exact) mass is 451 g/mol. The molecule has 5 nitrogen and oxygen atoms in total. The van der Waals surface area contributed by atoms with Crippen molar-refractivity contribution in [2.75, 3.05) is 14.1 Å². The first kappa shape index (κ1) is 20.9. The largest absolute Gasteiger partial charge is 1.00 e. The molecular weight excluding hydrogens is 429 g/mol. The molecule has 1 aromatic heterocycles. The molecule has 0 saturated heterocycles. The number of pyridine rings is 1. The zero-order valence-electron chi connectivity index (χ0n) is 14.4. The molecule has 0 aromatic carbocycles. The van der Waals surface area contributed by atoms with Gasteiger partial charge in [-0.05, 0) is 18.1 Å². The van der Waals surface area contributed by atoms with Crippen molar-refractivity contribution in [2.45, 2.75) is 19.4 Å². The van der Waals surface area contributed by atoms with E-state index in [4.69, 9.17) is 5.11 Å². The molecule has 1 aliphatic rings. The first-order chi connectivity index (χ1) is 11.4. The molecule has 0 fully saturated rings. The van der Waals surface area contributed by atoms with E-state index >= 15 is 0 Å². The van der Waals surface area contributed by atoms with Gasteiger partial charge in [0.15, 0.2) is 18.9 Å². The Morgan fingerprint density at radius 3 is 2.60 bits per heavy atom. The maximum atomic E-state index is 10.6. The van der Waals surface area contributed by atoms with Gasteiger partial charge in [-0.3, -0.25) is 4.79 Å². The molecular formula is C19H22IN3O2. The normalized spacial score (nSPS) is 19.0. The number of nitrogens with zero attached hydrogens (tertiary/aromatic N) is 3. The van der Waals surface area contributed by atoms with E-state index in [0.717, 1.165) is 11.3 Å². The summed E-state index contributed by atoms with van der Waals surface area (Å²) in [6, 6.07) is 6.21. The third-order valence-electron chi connectivity index (χ3n) is 4.00. The van der Waals surface area contributed by atoms with Gasteiger partial charge in [-0.15, -0.1) is 0 Å². The molecule has 0 aliphatic heterocycles.